The van der Waals surface area contributed by atoms with E-state index in [0.717, 1.165) is 5.69 Å². The molecule has 0 saturated carbocycles. The topological polar surface area (TPSA) is 41.1 Å². The number of benzene rings is 1. The predicted molar refractivity (Wildman–Crippen MR) is 71.9 cm³/mol. The molecular formula is C14H20N2O. The Hall–Kier alpha value is -1.77. The largest absolute Gasteiger partial charge is 0.323 e. The standard InChI is InChI=1S/C14H20N2O/c1-11-5-7-12(8-6-11)16-13(17)15-10-9-14(2,3)4/h5-10H,1-4H3,(H2,15,16,17)/b10-9+. The number of nitrogens with one attached hydrogen (secondary N) is 2. The molecule has 1 rings (SSSR count). The van der Waals surface area contributed by atoms with E-state index in [4.69, 9.17) is 0 Å². The Morgan fingerprint density at radius 2 is 1.76 bits per heavy atom. The molecule has 0 atom stereocenters. The van der Waals surface area contributed by atoms with Gasteiger partial charge in [0.25, 0.3) is 0 Å². The highest BCUT2D eigenvalue weighted by Gasteiger charge is 2.04. The van der Waals surface area contributed by atoms with Crippen LogP contribution in [0.2, 0.25) is 0 Å². The van der Waals surface area contributed by atoms with Crippen molar-refractivity contribution in [2.75, 3.05) is 5.32 Å². The third-order valence-electron chi connectivity index (χ3n) is 2.11. The summed E-state index contributed by atoms with van der Waals surface area (Å²) < 4.78 is 0. The lowest BCUT2D eigenvalue weighted by atomic mass is 9.97. The van der Waals surface area contributed by atoms with Crippen LogP contribution in [0.4, 0.5) is 10.5 Å². The Kier molecular flexibility index (Phi) is 4.32. The predicted octanol–water partition coefficient (Wildman–Crippen LogP) is 3.68. The normalized spacial score (nSPS) is 11.5. The highest BCUT2D eigenvalue weighted by molar-refractivity contribution is 5.89. The molecule has 3 heteroatoms. The van der Waals surface area contributed by atoms with Gasteiger partial charge >= 0.3 is 6.03 Å². The maximum absolute atomic E-state index is 11.5. The van der Waals surface area contributed by atoms with E-state index in [1.165, 1.54) is 5.56 Å². The van der Waals surface area contributed by atoms with Crippen LogP contribution in [0.1, 0.15) is 26.3 Å². The molecule has 0 aliphatic rings. The van der Waals surface area contributed by atoms with Gasteiger partial charge in [0.1, 0.15) is 0 Å². The zero-order chi connectivity index (χ0) is 12.9. The van der Waals surface area contributed by atoms with Crippen LogP contribution in [0.5, 0.6) is 0 Å². The number of urea groups is 1. The molecule has 3 nitrogen and oxygen atoms in total. The van der Waals surface area contributed by atoms with Gasteiger partial charge in [-0.25, -0.2) is 4.79 Å². The monoisotopic (exact) mass is 232 g/mol. The Bertz CT molecular complexity index is 399. The molecule has 1 aromatic carbocycles. The third-order valence-corrected chi connectivity index (χ3v) is 2.11. The van der Waals surface area contributed by atoms with Crippen LogP contribution in [0, 0.1) is 12.3 Å². The lowest BCUT2D eigenvalue weighted by Crippen LogP contribution is -2.24. The van der Waals surface area contributed by atoms with Crippen LogP contribution in [0.3, 0.4) is 0 Å². The van der Waals surface area contributed by atoms with Crippen molar-refractivity contribution in [2.24, 2.45) is 5.41 Å². The first-order chi connectivity index (χ1) is 7.87. The summed E-state index contributed by atoms with van der Waals surface area (Å²) in [5, 5.41) is 5.43. The summed E-state index contributed by atoms with van der Waals surface area (Å²) in [5.41, 5.74) is 2.03. The van der Waals surface area contributed by atoms with Gasteiger partial charge in [-0.15, -0.1) is 0 Å². The SMILES string of the molecule is Cc1ccc(NC(=O)N/C=C/C(C)(C)C)cc1. The maximum atomic E-state index is 11.5. The minimum Gasteiger partial charge on any atom is -0.315 e. The van der Waals surface area contributed by atoms with E-state index in [1.54, 1.807) is 6.20 Å². The van der Waals surface area contributed by atoms with Crippen molar-refractivity contribution in [3.8, 4) is 0 Å². The van der Waals surface area contributed by atoms with Crippen LogP contribution in [-0.2, 0) is 0 Å². The lowest BCUT2D eigenvalue weighted by Gasteiger charge is -2.11. The first-order valence-corrected chi connectivity index (χ1v) is 5.69. The van der Waals surface area contributed by atoms with Gasteiger partial charge in [0.2, 0.25) is 0 Å². The third kappa shape index (κ3) is 5.76. The van der Waals surface area contributed by atoms with E-state index in [-0.39, 0.29) is 11.4 Å². The number of hydrogen-bond acceptors (Lipinski definition) is 1. The highest BCUT2D eigenvalue weighted by Crippen LogP contribution is 2.13. The Balaban J connectivity index is 2.45. The van der Waals surface area contributed by atoms with Crippen molar-refractivity contribution in [2.45, 2.75) is 27.7 Å². The zero-order valence-electron chi connectivity index (χ0n) is 10.9. The number of carbonyl (C=O) groups is 1. The summed E-state index contributed by atoms with van der Waals surface area (Å²) in [4.78, 5) is 11.5. The summed E-state index contributed by atoms with van der Waals surface area (Å²) >= 11 is 0. The molecule has 0 aromatic heterocycles. The molecule has 2 N–H and O–H groups in total. The number of rotatable bonds is 2. The Labute approximate surface area is 103 Å². The number of anilines is 1. The summed E-state index contributed by atoms with van der Waals surface area (Å²) in [6.07, 6.45) is 3.62. The summed E-state index contributed by atoms with van der Waals surface area (Å²) in [7, 11) is 0. The van der Waals surface area contributed by atoms with Gasteiger partial charge in [0.15, 0.2) is 0 Å². The van der Waals surface area contributed by atoms with Crippen LogP contribution >= 0.6 is 0 Å². The molecule has 17 heavy (non-hydrogen) atoms. The fraction of sp³-hybridized carbons (Fsp3) is 0.357. The average Bonchev–Trinajstić information content (AvgIpc) is 2.19. The van der Waals surface area contributed by atoms with Crippen LogP contribution < -0.4 is 10.6 Å². The van der Waals surface area contributed by atoms with E-state index < -0.39 is 0 Å². The quantitative estimate of drug-likeness (QED) is 0.802. The Morgan fingerprint density at radius 1 is 1.18 bits per heavy atom. The first kappa shape index (κ1) is 13.3. The second-order valence-corrected chi connectivity index (χ2v) is 5.16. The molecule has 0 aliphatic carbocycles. The molecule has 0 fully saturated rings. The van der Waals surface area contributed by atoms with Gasteiger partial charge in [-0.05, 0) is 24.5 Å². The smallest absolute Gasteiger partial charge is 0.315 e. The van der Waals surface area contributed by atoms with Crippen molar-refractivity contribution in [1.29, 1.82) is 0 Å². The minimum atomic E-state index is -0.227. The van der Waals surface area contributed by atoms with E-state index in [1.807, 2.05) is 37.3 Å². The summed E-state index contributed by atoms with van der Waals surface area (Å²) in [6.45, 7) is 8.23. The number of amides is 2. The van der Waals surface area contributed by atoms with E-state index in [9.17, 15) is 4.79 Å². The number of aryl methyl sites for hydroxylation is 1. The molecule has 0 spiro atoms. The minimum absolute atomic E-state index is 0.0666. The lowest BCUT2D eigenvalue weighted by molar-refractivity contribution is 0.255. The van der Waals surface area contributed by atoms with Crippen molar-refractivity contribution in [1.82, 2.24) is 5.32 Å². The molecule has 92 valence electrons. The zero-order valence-corrected chi connectivity index (χ0v) is 10.9. The second-order valence-electron chi connectivity index (χ2n) is 5.16. The first-order valence-electron chi connectivity index (χ1n) is 5.69. The van der Waals surface area contributed by atoms with Gasteiger partial charge in [0.05, 0.1) is 0 Å². The highest BCUT2D eigenvalue weighted by atomic mass is 16.2. The van der Waals surface area contributed by atoms with Gasteiger partial charge in [-0.2, -0.15) is 0 Å². The number of hydrogen-bond donors (Lipinski definition) is 2. The van der Waals surface area contributed by atoms with E-state index >= 15 is 0 Å². The van der Waals surface area contributed by atoms with E-state index in [2.05, 4.69) is 31.4 Å². The second kappa shape index (κ2) is 5.53. The van der Waals surface area contributed by atoms with Crippen LogP contribution in [0.25, 0.3) is 0 Å². The molecule has 0 bridgehead atoms. The van der Waals surface area contributed by atoms with Crippen molar-refractivity contribution in [3.05, 3.63) is 42.1 Å². The van der Waals surface area contributed by atoms with Crippen LogP contribution in [-0.4, -0.2) is 6.03 Å². The number of carbonyl (C=O) groups excluding carboxylic acids is 1. The van der Waals surface area contributed by atoms with Crippen molar-refractivity contribution < 1.29 is 4.79 Å². The molecule has 0 unspecified atom stereocenters. The molecule has 0 saturated heterocycles. The summed E-state index contributed by atoms with van der Waals surface area (Å²) in [5.74, 6) is 0. The molecule has 0 aliphatic heterocycles. The van der Waals surface area contributed by atoms with Gasteiger partial charge in [0, 0.05) is 11.9 Å². The molecular weight excluding hydrogens is 212 g/mol. The van der Waals surface area contributed by atoms with Gasteiger partial charge in [-0.1, -0.05) is 44.5 Å². The molecule has 0 radical (unpaired) electrons. The fourth-order valence-corrected chi connectivity index (χ4v) is 1.17. The van der Waals surface area contributed by atoms with Gasteiger partial charge in [-0.3, -0.25) is 0 Å². The van der Waals surface area contributed by atoms with Gasteiger partial charge < -0.3 is 10.6 Å². The average molecular weight is 232 g/mol. The molecule has 2 amide bonds. The summed E-state index contributed by atoms with van der Waals surface area (Å²) in [6, 6.07) is 7.45. The fourth-order valence-electron chi connectivity index (χ4n) is 1.17. The van der Waals surface area contributed by atoms with Crippen LogP contribution in [0.15, 0.2) is 36.5 Å². The number of allylic oxidation sites excluding steroid dienone is 1. The molecule has 1 aromatic rings. The van der Waals surface area contributed by atoms with Crippen molar-refractivity contribution in [3.63, 3.8) is 0 Å². The maximum Gasteiger partial charge on any atom is 0.323 e. The molecule has 0 heterocycles. The van der Waals surface area contributed by atoms with Crippen molar-refractivity contribution >= 4 is 11.7 Å². The van der Waals surface area contributed by atoms with E-state index in [0.29, 0.717) is 0 Å². The Morgan fingerprint density at radius 3 is 2.29 bits per heavy atom.